The minimum Gasteiger partial charge on any atom is -0.501 e. The van der Waals surface area contributed by atoms with Crippen LogP contribution < -0.4 is 16.2 Å². The van der Waals surface area contributed by atoms with Crippen LogP contribution in [0.1, 0.15) is 42.6 Å². The lowest BCUT2D eigenvalue weighted by Crippen LogP contribution is -2.51. The van der Waals surface area contributed by atoms with E-state index in [-0.39, 0.29) is 55.1 Å². The summed E-state index contributed by atoms with van der Waals surface area (Å²) in [4.78, 5) is 29.5. The van der Waals surface area contributed by atoms with Crippen molar-refractivity contribution in [3.05, 3.63) is 51.5 Å². The zero-order chi connectivity index (χ0) is 25.5. The number of rotatable bonds is 5. The quantitative estimate of drug-likeness (QED) is 0.521. The third-order valence-corrected chi connectivity index (χ3v) is 8.04. The smallest absolute Gasteiger partial charge is 0.296 e. The number of benzene rings is 1. The first-order chi connectivity index (χ1) is 16.4. The minimum atomic E-state index is -4.04. The Labute approximate surface area is 202 Å². The van der Waals surface area contributed by atoms with E-state index in [1.807, 2.05) is 6.92 Å². The molecular formula is C22H28FN5O6S. The van der Waals surface area contributed by atoms with Gasteiger partial charge in [-0.1, -0.05) is 6.07 Å². The molecule has 2 aliphatic heterocycles. The molecular weight excluding hydrogens is 481 g/mol. The summed E-state index contributed by atoms with van der Waals surface area (Å²) >= 11 is 0. The molecule has 3 heterocycles. The monoisotopic (exact) mass is 509 g/mol. The van der Waals surface area contributed by atoms with Crippen molar-refractivity contribution in [1.29, 1.82) is 0 Å². The van der Waals surface area contributed by atoms with Gasteiger partial charge in [0.25, 0.3) is 11.5 Å². The number of aromatic hydroxyl groups is 1. The maximum atomic E-state index is 14.0. The molecule has 1 amide bonds. The number of hydrogen-bond acceptors (Lipinski definition) is 8. The molecule has 11 nitrogen and oxygen atoms in total. The highest BCUT2D eigenvalue weighted by Crippen LogP contribution is 2.27. The number of fused-ring (bicyclic) bond motifs is 1. The fourth-order valence-corrected chi connectivity index (χ4v) is 6.02. The Balaban J connectivity index is 1.62. The number of piperazine rings is 1. The molecule has 0 saturated carbocycles. The summed E-state index contributed by atoms with van der Waals surface area (Å²) in [7, 11) is -4.04. The van der Waals surface area contributed by atoms with Gasteiger partial charge in [0.1, 0.15) is 17.2 Å². The predicted molar refractivity (Wildman–Crippen MR) is 123 cm³/mol. The molecule has 1 aromatic carbocycles. The van der Waals surface area contributed by atoms with Crippen LogP contribution in [0.15, 0.2) is 27.9 Å². The van der Waals surface area contributed by atoms with Gasteiger partial charge < -0.3 is 20.5 Å². The van der Waals surface area contributed by atoms with E-state index >= 15 is 0 Å². The molecule has 35 heavy (non-hydrogen) atoms. The van der Waals surface area contributed by atoms with E-state index in [0.717, 1.165) is 12.1 Å². The molecule has 4 rings (SSSR count). The average molecular weight is 510 g/mol. The normalized spacial score (nSPS) is 20.3. The molecule has 0 radical (unpaired) electrons. The third kappa shape index (κ3) is 4.81. The fraction of sp³-hybridized carbons (Fsp3) is 0.500. The molecule has 2 aromatic rings. The fourth-order valence-electron chi connectivity index (χ4n) is 4.25. The number of amides is 1. The Morgan fingerprint density at radius 3 is 2.83 bits per heavy atom. The van der Waals surface area contributed by atoms with E-state index in [1.54, 1.807) is 13.8 Å². The van der Waals surface area contributed by atoms with E-state index < -0.39 is 44.4 Å². The van der Waals surface area contributed by atoms with Gasteiger partial charge in [-0.2, -0.15) is 4.31 Å². The van der Waals surface area contributed by atoms with Gasteiger partial charge in [0.15, 0.2) is 5.69 Å². The lowest BCUT2D eigenvalue weighted by atomic mass is 10.1. The number of hydrogen-bond donors (Lipinski definition) is 3. The molecule has 1 aromatic heterocycles. The molecule has 3 N–H and O–H groups in total. The van der Waals surface area contributed by atoms with Gasteiger partial charge in [-0.15, -0.1) is 0 Å². The van der Waals surface area contributed by atoms with E-state index in [4.69, 9.17) is 4.74 Å². The number of nitrogens with one attached hydrogen (secondary N) is 2. The van der Waals surface area contributed by atoms with Crippen LogP contribution in [-0.2, 0) is 33.5 Å². The van der Waals surface area contributed by atoms with Crippen LogP contribution in [0.3, 0.4) is 0 Å². The predicted octanol–water partition coefficient (Wildman–Crippen LogP) is 0.266. The van der Waals surface area contributed by atoms with Gasteiger partial charge >= 0.3 is 0 Å². The van der Waals surface area contributed by atoms with Gasteiger partial charge in [0.2, 0.25) is 15.8 Å². The van der Waals surface area contributed by atoms with Crippen molar-refractivity contribution in [1.82, 2.24) is 24.5 Å². The Hall–Kier alpha value is -2.87. The molecule has 0 unspecified atom stereocenters. The second-order valence-corrected chi connectivity index (χ2v) is 11.0. The maximum Gasteiger partial charge on any atom is 0.296 e. The topological polar surface area (TPSA) is 143 Å². The summed E-state index contributed by atoms with van der Waals surface area (Å²) in [6.07, 6.45) is 0. The molecule has 13 heteroatoms. The van der Waals surface area contributed by atoms with Gasteiger partial charge in [-0.25, -0.2) is 17.8 Å². The number of sulfonamides is 1. The highest BCUT2D eigenvalue weighted by Gasteiger charge is 2.35. The molecule has 1 saturated heterocycles. The molecule has 0 aliphatic carbocycles. The zero-order valence-corrected chi connectivity index (χ0v) is 20.5. The number of halogens is 1. The van der Waals surface area contributed by atoms with Crippen LogP contribution in [0, 0.1) is 5.82 Å². The van der Waals surface area contributed by atoms with Gasteiger partial charge in [-0.05, 0) is 38.5 Å². The Bertz CT molecular complexity index is 1330. The van der Waals surface area contributed by atoms with Crippen LogP contribution in [0.25, 0.3) is 0 Å². The highest BCUT2D eigenvalue weighted by atomic mass is 32.2. The first-order valence-electron chi connectivity index (χ1n) is 11.2. The number of nitrogens with zero attached hydrogens (tertiary/aromatic N) is 3. The van der Waals surface area contributed by atoms with E-state index in [2.05, 4.69) is 15.6 Å². The van der Waals surface area contributed by atoms with Crippen LogP contribution in [0.4, 0.5) is 4.39 Å². The lowest BCUT2D eigenvalue weighted by Gasteiger charge is -2.32. The summed E-state index contributed by atoms with van der Waals surface area (Å²) in [5, 5.41) is 16.0. The Morgan fingerprint density at radius 1 is 1.37 bits per heavy atom. The second kappa shape index (κ2) is 9.30. The summed E-state index contributed by atoms with van der Waals surface area (Å²) in [5.41, 5.74) is -2.07. The van der Waals surface area contributed by atoms with Crippen molar-refractivity contribution < 1.29 is 27.4 Å². The molecule has 190 valence electrons. The standard InChI is InChI=1S/C22H28FN5O6S/c1-13-12-27(7-6-24-13)35(32,33)16-10-15(23)5-4-14(16)11-25-19(30)17-18(29)20(31)28-8-9-34-22(2,3)21(28)26-17/h4-5,10,13,24,29H,6-9,11-12H2,1-3H3,(H,25,30)/t13-/m1/s1. The van der Waals surface area contributed by atoms with Crippen molar-refractivity contribution in [2.75, 3.05) is 26.2 Å². The first-order valence-corrected chi connectivity index (χ1v) is 12.6. The summed E-state index contributed by atoms with van der Waals surface area (Å²) in [6.45, 7) is 6.27. The van der Waals surface area contributed by atoms with Gasteiger partial charge in [0, 0.05) is 32.2 Å². The highest BCUT2D eigenvalue weighted by molar-refractivity contribution is 7.89. The average Bonchev–Trinajstić information content (AvgIpc) is 2.80. The zero-order valence-electron chi connectivity index (χ0n) is 19.7. The van der Waals surface area contributed by atoms with Crippen molar-refractivity contribution >= 4 is 15.9 Å². The molecule has 0 bridgehead atoms. The summed E-state index contributed by atoms with van der Waals surface area (Å²) in [5.74, 6) is -2.24. The third-order valence-electron chi connectivity index (χ3n) is 6.09. The number of aromatic nitrogens is 2. The van der Waals surface area contributed by atoms with Crippen molar-refractivity contribution in [3.8, 4) is 5.75 Å². The van der Waals surface area contributed by atoms with Crippen LogP contribution in [0.2, 0.25) is 0 Å². The molecule has 0 spiro atoms. The van der Waals surface area contributed by atoms with Crippen LogP contribution >= 0.6 is 0 Å². The van der Waals surface area contributed by atoms with Crippen molar-refractivity contribution in [2.24, 2.45) is 0 Å². The number of carbonyl (C=O) groups is 1. The first kappa shape index (κ1) is 25.2. The van der Waals surface area contributed by atoms with Crippen molar-refractivity contribution in [2.45, 2.75) is 50.4 Å². The number of carbonyl (C=O) groups excluding carboxylic acids is 1. The summed E-state index contributed by atoms with van der Waals surface area (Å²) < 4.78 is 48.7. The number of ether oxygens (including phenoxy) is 1. The second-order valence-electron chi connectivity index (χ2n) is 9.10. The van der Waals surface area contributed by atoms with E-state index in [1.165, 1.54) is 14.9 Å². The molecule has 2 aliphatic rings. The van der Waals surface area contributed by atoms with Gasteiger partial charge in [0.05, 0.1) is 18.0 Å². The largest absolute Gasteiger partial charge is 0.501 e. The maximum absolute atomic E-state index is 14.0. The Kier molecular flexibility index (Phi) is 6.70. The molecule has 1 fully saturated rings. The Morgan fingerprint density at radius 2 is 2.11 bits per heavy atom. The van der Waals surface area contributed by atoms with Gasteiger partial charge in [-0.3, -0.25) is 14.2 Å². The lowest BCUT2D eigenvalue weighted by molar-refractivity contribution is -0.0566. The van der Waals surface area contributed by atoms with E-state index in [9.17, 15) is 27.5 Å². The minimum absolute atomic E-state index is 0.0688. The van der Waals surface area contributed by atoms with Crippen LogP contribution in [0.5, 0.6) is 5.75 Å². The van der Waals surface area contributed by atoms with E-state index in [0.29, 0.717) is 6.54 Å². The molecule has 1 atom stereocenters. The van der Waals surface area contributed by atoms with Crippen molar-refractivity contribution in [3.63, 3.8) is 0 Å². The van der Waals surface area contributed by atoms with Crippen LogP contribution in [-0.4, -0.2) is 65.6 Å². The summed E-state index contributed by atoms with van der Waals surface area (Å²) in [6, 6.07) is 3.23. The SMILES string of the molecule is C[C@@H]1CN(S(=O)(=O)c2cc(F)ccc2CNC(=O)c2nc3n(c(=O)c2O)CCOC3(C)C)CCN1.